The summed E-state index contributed by atoms with van der Waals surface area (Å²) in [7, 11) is 0. The van der Waals surface area contributed by atoms with Crippen molar-refractivity contribution < 1.29 is 8.91 Å². The molecule has 2 heterocycles. The van der Waals surface area contributed by atoms with E-state index in [1.54, 1.807) is 6.92 Å². The lowest BCUT2D eigenvalue weighted by atomic mass is 10.3. The lowest BCUT2D eigenvalue weighted by Gasteiger charge is -2.09. The monoisotopic (exact) mass is 196 g/mol. The maximum absolute atomic E-state index is 12.3. The van der Waals surface area contributed by atoms with Crippen molar-refractivity contribution in [2.24, 2.45) is 0 Å². The molecule has 1 atom stereocenters. The van der Waals surface area contributed by atoms with Crippen LogP contribution in [0.5, 0.6) is 0 Å². The highest BCUT2D eigenvalue weighted by molar-refractivity contribution is 5.84. The van der Waals surface area contributed by atoms with Crippen molar-refractivity contribution in [3.05, 3.63) is 12.5 Å². The predicted octanol–water partition coefficient (Wildman–Crippen LogP) is 1.39. The molecule has 2 rings (SSSR count). The van der Waals surface area contributed by atoms with Crippen LogP contribution >= 0.6 is 0 Å². The summed E-state index contributed by atoms with van der Waals surface area (Å²) in [6.07, 6.45) is 2.85. The fourth-order valence-corrected chi connectivity index (χ4v) is 1.08. The molecule has 0 fully saturated rings. The number of aromatic nitrogens is 3. The number of alkyl halides is 1. The van der Waals surface area contributed by atoms with Gasteiger partial charge in [0, 0.05) is 0 Å². The van der Waals surface area contributed by atoms with E-state index in [1.807, 2.05) is 0 Å². The van der Waals surface area contributed by atoms with Gasteiger partial charge in [-0.05, 0) is 6.92 Å². The number of halogens is 1. The molecular weight excluding hydrogens is 187 g/mol. The molecule has 0 saturated heterocycles. The van der Waals surface area contributed by atoms with Gasteiger partial charge in [0.2, 0.25) is 0 Å². The first-order valence-corrected chi connectivity index (χ1v) is 4.19. The van der Waals surface area contributed by atoms with Gasteiger partial charge < -0.3 is 9.84 Å². The van der Waals surface area contributed by atoms with Gasteiger partial charge in [-0.2, -0.15) is 4.98 Å². The summed E-state index contributed by atoms with van der Waals surface area (Å²) < 4.78 is 17.1. The Balaban J connectivity index is 2.36. The average Bonchev–Trinajstić information content (AvgIpc) is 2.66. The molecular formula is C8H9FN4O. The fraction of sp³-hybridized carbons (Fsp3) is 0.375. The third-order valence-electron chi connectivity index (χ3n) is 1.78. The Morgan fingerprint density at radius 1 is 1.57 bits per heavy atom. The van der Waals surface area contributed by atoms with E-state index in [-0.39, 0.29) is 6.04 Å². The second-order valence-corrected chi connectivity index (χ2v) is 2.97. The van der Waals surface area contributed by atoms with Crippen molar-refractivity contribution in [1.82, 2.24) is 15.1 Å². The highest BCUT2D eigenvalue weighted by atomic mass is 19.1. The largest absolute Gasteiger partial charge is 0.364 e. The summed E-state index contributed by atoms with van der Waals surface area (Å²) in [6, 6.07) is -0.289. The molecule has 0 aliphatic rings. The third kappa shape index (κ3) is 1.50. The zero-order valence-corrected chi connectivity index (χ0v) is 7.57. The summed E-state index contributed by atoms with van der Waals surface area (Å²) in [5, 5.41) is 7.14. The van der Waals surface area contributed by atoms with Gasteiger partial charge in [-0.25, -0.2) is 9.37 Å². The predicted molar refractivity (Wildman–Crippen MR) is 48.7 cm³/mol. The van der Waals surface area contributed by atoms with E-state index in [2.05, 4.69) is 20.4 Å². The van der Waals surface area contributed by atoms with E-state index in [4.69, 9.17) is 4.52 Å². The molecule has 0 bridgehead atoms. The molecule has 0 saturated carbocycles. The zero-order chi connectivity index (χ0) is 9.97. The molecule has 14 heavy (non-hydrogen) atoms. The maximum atomic E-state index is 12.3. The number of nitrogens with zero attached hydrogens (tertiary/aromatic N) is 3. The van der Waals surface area contributed by atoms with E-state index in [0.29, 0.717) is 16.9 Å². The van der Waals surface area contributed by atoms with Crippen molar-refractivity contribution in [3.8, 4) is 0 Å². The molecule has 0 unspecified atom stereocenters. The lowest BCUT2D eigenvalue weighted by Crippen LogP contribution is -2.18. The molecule has 2 aromatic rings. The van der Waals surface area contributed by atoms with Crippen LogP contribution in [0, 0.1) is 0 Å². The molecule has 0 aromatic carbocycles. The molecule has 2 aromatic heterocycles. The van der Waals surface area contributed by atoms with E-state index in [1.165, 1.54) is 12.5 Å². The number of hydrogen-bond donors (Lipinski definition) is 1. The molecule has 0 radical (unpaired) electrons. The van der Waals surface area contributed by atoms with Crippen molar-refractivity contribution in [2.75, 3.05) is 12.0 Å². The normalized spacial score (nSPS) is 13.0. The van der Waals surface area contributed by atoms with Gasteiger partial charge in [0.25, 0.3) is 5.71 Å². The molecule has 0 spiro atoms. The zero-order valence-electron chi connectivity index (χ0n) is 7.57. The Morgan fingerprint density at radius 3 is 3.21 bits per heavy atom. The minimum Gasteiger partial charge on any atom is -0.364 e. The minimum atomic E-state index is -0.462. The molecule has 74 valence electrons. The second kappa shape index (κ2) is 3.57. The molecule has 5 nitrogen and oxygen atoms in total. The van der Waals surface area contributed by atoms with Gasteiger partial charge in [-0.1, -0.05) is 5.16 Å². The molecule has 1 N–H and O–H groups in total. The molecule has 6 heteroatoms. The summed E-state index contributed by atoms with van der Waals surface area (Å²) in [6.45, 7) is 1.26. The highest BCUT2D eigenvalue weighted by Crippen LogP contribution is 2.18. The van der Waals surface area contributed by atoms with Gasteiger partial charge in [0.1, 0.15) is 24.2 Å². The Morgan fingerprint density at radius 2 is 2.43 bits per heavy atom. The first kappa shape index (κ1) is 8.86. The van der Waals surface area contributed by atoms with E-state index in [0.717, 1.165) is 0 Å². The first-order chi connectivity index (χ1) is 6.81. The van der Waals surface area contributed by atoms with Crippen molar-refractivity contribution in [2.45, 2.75) is 13.0 Å². The van der Waals surface area contributed by atoms with Gasteiger partial charge in [-0.15, -0.1) is 0 Å². The Hall–Kier alpha value is -1.72. The lowest BCUT2D eigenvalue weighted by molar-refractivity contribution is 0.448. The van der Waals surface area contributed by atoms with Crippen LogP contribution in [-0.4, -0.2) is 27.8 Å². The topological polar surface area (TPSA) is 63.8 Å². The van der Waals surface area contributed by atoms with Crippen molar-refractivity contribution in [3.63, 3.8) is 0 Å². The SMILES string of the molecule is C[C@@H](CF)Nc1ncnc2oncc12. The van der Waals surface area contributed by atoms with E-state index >= 15 is 0 Å². The van der Waals surface area contributed by atoms with Crippen LogP contribution in [0.4, 0.5) is 10.2 Å². The Kier molecular flexibility index (Phi) is 2.26. The van der Waals surface area contributed by atoms with E-state index in [9.17, 15) is 4.39 Å². The summed E-state index contributed by atoms with van der Waals surface area (Å²) >= 11 is 0. The summed E-state index contributed by atoms with van der Waals surface area (Å²) in [4.78, 5) is 7.84. The van der Waals surface area contributed by atoms with Crippen LogP contribution in [0.15, 0.2) is 17.0 Å². The molecule has 0 amide bonds. The van der Waals surface area contributed by atoms with Crippen molar-refractivity contribution in [1.29, 1.82) is 0 Å². The summed E-state index contributed by atoms with van der Waals surface area (Å²) in [5.41, 5.74) is 0.397. The number of anilines is 1. The number of nitrogens with one attached hydrogen (secondary N) is 1. The Bertz CT molecular complexity index is 430. The molecule has 0 aliphatic carbocycles. The van der Waals surface area contributed by atoms with Gasteiger partial charge >= 0.3 is 0 Å². The number of rotatable bonds is 3. The number of hydrogen-bond acceptors (Lipinski definition) is 5. The molecule has 0 aliphatic heterocycles. The maximum Gasteiger partial charge on any atom is 0.262 e. The summed E-state index contributed by atoms with van der Waals surface area (Å²) in [5.74, 6) is 0.543. The van der Waals surface area contributed by atoms with Crippen LogP contribution in [0.2, 0.25) is 0 Å². The third-order valence-corrected chi connectivity index (χ3v) is 1.78. The van der Waals surface area contributed by atoms with Gasteiger partial charge in [-0.3, -0.25) is 0 Å². The Labute approximate surface area is 79.3 Å². The van der Waals surface area contributed by atoms with Crippen LogP contribution < -0.4 is 5.32 Å². The van der Waals surface area contributed by atoms with Crippen LogP contribution in [-0.2, 0) is 0 Å². The highest BCUT2D eigenvalue weighted by Gasteiger charge is 2.09. The second-order valence-electron chi connectivity index (χ2n) is 2.97. The smallest absolute Gasteiger partial charge is 0.262 e. The van der Waals surface area contributed by atoms with Crippen LogP contribution in [0.3, 0.4) is 0 Å². The standard InChI is InChI=1S/C8H9FN4O/c1-5(2-9)13-7-6-3-12-14-8(6)11-4-10-7/h3-5H,2H2,1H3,(H,10,11,13)/t5-/m0/s1. The van der Waals surface area contributed by atoms with Gasteiger partial charge in [0.05, 0.1) is 12.2 Å². The van der Waals surface area contributed by atoms with Crippen LogP contribution in [0.1, 0.15) is 6.92 Å². The van der Waals surface area contributed by atoms with Crippen molar-refractivity contribution >= 4 is 16.9 Å². The number of fused-ring (bicyclic) bond motifs is 1. The van der Waals surface area contributed by atoms with Gasteiger partial charge in [0.15, 0.2) is 0 Å². The average molecular weight is 196 g/mol. The first-order valence-electron chi connectivity index (χ1n) is 4.19. The quantitative estimate of drug-likeness (QED) is 0.803. The minimum absolute atomic E-state index is 0.289. The van der Waals surface area contributed by atoms with E-state index < -0.39 is 6.67 Å². The van der Waals surface area contributed by atoms with Crippen LogP contribution in [0.25, 0.3) is 11.1 Å². The fourth-order valence-electron chi connectivity index (χ4n) is 1.08.